The average molecular weight is 545 g/mol. The van der Waals surface area contributed by atoms with Gasteiger partial charge in [-0.25, -0.2) is 0 Å². The first-order valence-corrected chi connectivity index (χ1v) is 10.7. The molecule has 0 saturated carbocycles. The molecule has 1 aliphatic rings. The van der Waals surface area contributed by atoms with Gasteiger partial charge in [-0.1, -0.05) is 6.07 Å². The Bertz CT molecular complexity index is 803. The topological polar surface area (TPSA) is 90.2 Å². The van der Waals surface area contributed by atoms with Gasteiger partial charge in [-0.15, -0.1) is 35.3 Å². The minimum atomic E-state index is -0.0712. The van der Waals surface area contributed by atoms with Crippen LogP contribution in [0.5, 0.6) is 0 Å². The minimum Gasteiger partial charge on any atom is -0.459 e. The Morgan fingerprint density at radius 2 is 1.90 bits per heavy atom. The van der Waals surface area contributed by atoms with Crippen LogP contribution >= 0.6 is 35.3 Å². The molecule has 2 aromatic heterocycles. The number of carbonyl (C=O) groups excluding carboxylic acids is 2. The maximum Gasteiger partial charge on any atom is 0.289 e. The molecule has 0 radical (unpaired) electrons. The second-order valence-corrected chi connectivity index (χ2v) is 7.53. The molecule has 10 heteroatoms. The third-order valence-corrected chi connectivity index (χ3v) is 5.43. The van der Waals surface area contributed by atoms with Crippen molar-refractivity contribution in [3.63, 3.8) is 0 Å². The summed E-state index contributed by atoms with van der Waals surface area (Å²) in [4.78, 5) is 33.7. The molecule has 0 aromatic carbocycles. The highest BCUT2D eigenvalue weighted by molar-refractivity contribution is 14.0. The van der Waals surface area contributed by atoms with E-state index in [4.69, 9.17) is 4.42 Å². The molecule has 3 heterocycles. The van der Waals surface area contributed by atoms with E-state index in [-0.39, 0.29) is 35.8 Å². The smallest absolute Gasteiger partial charge is 0.289 e. The summed E-state index contributed by atoms with van der Waals surface area (Å²) in [5.74, 6) is 1.12. The Morgan fingerprint density at radius 1 is 1.13 bits per heavy atom. The quantitative estimate of drug-likeness (QED) is 0.242. The molecule has 2 N–H and O–H groups in total. The number of piperazine rings is 1. The number of thiophene rings is 1. The molecule has 1 saturated heterocycles. The zero-order chi connectivity index (χ0) is 20.5. The molecule has 164 valence electrons. The molecular formula is C20H28IN5O3S. The first-order valence-electron chi connectivity index (χ1n) is 9.86. The number of halogens is 1. The van der Waals surface area contributed by atoms with Crippen molar-refractivity contribution in [2.24, 2.45) is 4.99 Å². The molecule has 2 aromatic rings. The van der Waals surface area contributed by atoms with Crippen molar-refractivity contribution in [3.05, 3.63) is 46.5 Å². The van der Waals surface area contributed by atoms with Crippen LogP contribution in [0.15, 0.2) is 45.3 Å². The summed E-state index contributed by atoms with van der Waals surface area (Å²) in [6, 6.07) is 7.10. The van der Waals surface area contributed by atoms with Gasteiger partial charge in [0.1, 0.15) is 0 Å². The zero-order valence-electron chi connectivity index (χ0n) is 17.0. The molecule has 8 nitrogen and oxygen atoms in total. The summed E-state index contributed by atoms with van der Waals surface area (Å²) >= 11 is 1.44. The molecule has 0 unspecified atom stereocenters. The summed E-state index contributed by atoms with van der Waals surface area (Å²) in [6.07, 6.45) is 2.28. The Labute approximate surface area is 197 Å². The van der Waals surface area contributed by atoms with Crippen molar-refractivity contribution < 1.29 is 14.0 Å². The van der Waals surface area contributed by atoms with E-state index >= 15 is 0 Å². The Morgan fingerprint density at radius 3 is 2.53 bits per heavy atom. The standard InChI is InChI=1S/C20H27N5O3S.HI/c1-2-21-20(23-9-5-8-22-18(26)17-7-4-15-29-17)25-12-10-24(11-13-25)19(27)16-6-3-14-28-16;/h3-4,6-7,14-15H,2,5,8-13H2,1H3,(H,21,23)(H,22,26);1H. The maximum absolute atomic E-state index is 12.4. The van der Waals surface area contributed by atoms with Crippen LogP contribution in [0.4, 0.5) is 0 Å². The zero-order valence-corrected chi connectivity index (χ0v) is 20.2. The van der Waals surface area contributed by atoms with Crippen LogP contribution in [0.2, 0.25) is 0 Å². The third-order valence-electron chi connectivity index (χ3n) is 4.56. The number of carbonyl (C=O) groups is 2. The molecule has 1 aliphatic heterocycles. The lowest BCUT2D eigenvalue weighted by molar-refractivity contribution is 0.0657. The maximum atomic E-state index is 12.4. The predicted octanol–water partition coefficient (Wildman–Crippen LogP) is 2.50. The second-order valence-electron chi connectivity index (χ2n) is 6.58. The molecule has 30 heavy (non-hydrogen) atoms. The number of hydrogen-bond donors (Lipinski definition) is 2. The molecule has 2 amide bonds. The number of aliphatic imine (C=N–C) groups is 1. The second kappa shape index (κ2) is 12.6. The first-order chi connectivity index (χ1) is 14.2. The van der Waals surface area contributed by atoms with Gasteiger partial charge in [0.05, 0.1) is 11.1 Å². The van der Waals surface area contributed by atoms with E-state index in [0.29, 0.717) is 45.0 Å². The summed E-state index contributed by atoms with van der Waals surface area (Å²) in [7, 11) is 0. The van der Waals surface area contributed by atoms with Crippen LogP contribution < -0.4 is 10.6 Å². The van der Waals surface area contributed by atoms with E-state index < -0.39 is 0 Å². The van der Waals surface area contributed by atoms with Gasteiger partial charge in [0, 0.05) is 45.8 Å². The molecule has 0 aliphatic carbocycles. The van der Waals surface area contributed by atoms with Gasteiger partial charge in [0.15, 0.2) is 11.7 Å². The summed E-state index contributed by atoms with van der Waals surface area (Å²) in [5.41, 5.74) is 0. The van der Waals surface area contributed by atoms with Gasteiger partial charge in [0.2, 0.25) is 0 Å². The van der Waals surface area contributed by atoms with Gasteiger partial charge in [-0.2, -0.15) is 0 Å². The van der Waals surface area contributed by atoms with Crippen LogP contribution in [0.25, 0.3) is 0 Å². The number of rotatable bonds is 7. The number of furan rings is 1. The minimum absolute atomic E-state index is 0. The summed E-state index contributed by atoms with van der Waals surface area (Å²) in [6.45, 7) is 6.71. The van der Waals surface area contributed by atoms with E-state index in [9.17, 15) is 9.59 Å². The van der Waals surface area contributed by atoms with E-state index in [0.717, 1.165) is 23.8 Å². The number of nitrogens with one attached hydrogen (secondary N) is 2. The molecule has 3 rings (SSSR count). The molecular weight excluding hydrogens is 517 g/mol. The van der Waals surface area contributed by atoms with E-state index in [1.165, 1.54) is 17.6 Å². The van der Waals surface area contributed by atoms with Crippen LogP contribution in [0.3, 0.4) is 0 Å². The third kappa shape index (κ3) is 6.73. The van der Waals surface area contributed by atoms with Crippen LogP contribution in [0, 0.1) is 0 Å². The van der Waals surface area contributed by atoms with Crippen molar-refractivity contribution in [2.75, 3.05) is 45.8 Å². The Kier molecular flexibility index (Phi) is 10.1. The fourth-order valence-electron chi connectivity index (χ4n) is 3.06. The fraction of sp³-hybridized carbons (Fsp3) is 0.450. The SMILES string of the molecule is CCNC(=NCCCNC(=O)c1cccs1)N1CCN(C(=O)c2ccco2)CC1.I. The van der Waals surface area contributed by atoms with E-state index in [2.05, 4.69) is 20.5 Å². The van der Waals surface area contributed by atoms with Crippen LogP contribution in [-0.2, 0) is 0 Å². The Hall–Kier alpha value is -2.08. The van der Waals surface area contributed by atoms with Gasteiger partial charge >= 0.3 is 0 Å². The number of hydrogen-bond acceptors (Lipinski definition) is 5. The lowest BCUT2D eigenvalue weighted by atomic mass is 10.3. The highest BCUT2D eigenvalue weighted by Gasteiger charge is 2.25. The number of guanidine groups is 1. The van der Waals surface area contributed by atoms with Gasteiger partial charge in [-0.05, 0) is 36.9 Å². The van der Waals surface area contributed by atoms with Crippen molar-refractivity contribution >= 4 is 53.1 Å². The van der Waals surface area contributed by atoms with Crippen molar-refractivity contribution in [1.82, 2.24) is 20.4 Å². The van der Waals surface area contributed by atoms with Crippen LogP contribution in [0.1, 0.15) is 33.6 Å². The molecule has 0 bridgehead atoms. The van der Waals surface area contributed by atoms with Crippen molar-refractivity contribution in [2.45, 2.75) is 13.3 Å². The lowest BCUT2D eigenvalue weighted by Crippen LogP contribution is -2.53. The number of amides is 2. The van der Waals surface area contributed by atoms with E-state index in [1.54, 1.807) is 17.0 Å². The van der Waals surface area contributed by atoms with Gasteiger partial charge in [-0.3, -0.25) is 14.6 Å². The fourth-order valence-corrected chi connectivity index (χ4v) is 3.70. The normalized spacial score (nSPS) is 14.2. The summed E-state index contributed by atoms with van der Waals surface area (Å²) < 4.78 is 5.21. The largest absolute Gasteiger partial charge is 0.459 e. The molecule has 0 atom stereocenters. The Balaban J connectivity index is 0.00000320. The number of nitrogens with zero attached hydrogens (tertiary/aromatic N) is 3. The monoisotopic (exact) mass is 545 g/mol. The molecule has 0 spiro atoms. The average Bonchev–Trinajstić information content (AvgIpc) is 3.46. The first kappa shape index (κ1) is 24.2. The highest BCUT2D eigenvalue weighted by atomic mass is 127. The van der Waals surface area contributed by atoms with Crippen molar-refractivity contribution in [3.8, 4) is 0 Å². The predicted molar refractivity (Wildman–Crippen MR) is 129 cm³/mol. The van der Waals surface area contributed by atoms with Crippen LogP contribution in [-0.4, -0.2) is 73.4 Å². The summed E-state index contributed by atoms with van der Waals surface area (Å²) in [5, 5.41) is 8.12. The highest BCUT2D eigenvalue weighted by Crippen LogP contribution is 2.10. The van der Waals surface area contributed by atoms with E-state index in [1.807, 2.05) is 24.4 Å². The molecule has 1 fully saturated rings. The van der Waals surface area contributed by atoms with Crippen molar-refractivity contribution in [1.29, 1.82) is 0 Å². The lowest BCUT2D eigenvalue weighted by Gasteiger charge is -2.36. The van der Waals surface area contributed by atoms with Gasteiger partial charge < -0.3 is 24.9 Å². The van der Waals surface area contributed by atoms with Gasteiger partial charge in [0.25, 0.3) is 11.8 Å².